The molecule has 0 bridgehead atoms. The average Bonchev–Trinajstić information content (AvgIpc) is 3.13. The van der Waals surface area contributed by atoms with Gasteiger partial charge in [-0.15, -0.1) is 12.8 Å². The first-order chi connectivity index (χ1) is 11.1. The molecule has 2 rings (SSSR count). The van der Waals surface area contributed by atoms with E-state index in [0.717, 1.165) is 12.8 Å². The monoisotopic (exact) mass is 430 g/mol. The molecule has 2 aliphatic rings. The third kappa shape index (κ3) is 11.6. The summed E-state index contributed by atoms with van der Waals surface area (Å²) in [6, 6.07) is 0. The molecule has 128 valence electrons. The van der Waals surface area contributed by atoms with Crippen molar-refractivity contribution < 1.29 is 20.8 Å². The molecule has 0 nitrogen and oxygen atoms in total. The summed E-state index contributed by atoms with van der Waals surface area (Å²) in [6.45, 7) is 8.79. The number of halogens is 2. The molecule has 3 heteroatoms. The molecule has 0 atom stereocenters. The number of unbranched alkanes of at least 4 members (excludes halogenated alkanes) is 2. The van der Waals surface area contributed by atoms with E-state index >= 15 is 0 Å². The van der Waals surface area contributed by atoms with Crippen LogP contribution in [-0.4, -0.2) is 0 Å². The fourth-order valence-electron chi connectivity index (χ4n) is 2.50. The Bertz CT molecular complexity index is 391. The summed E-state index contributed by atoms with van der Waals surface area (Å²) < 4.78 is 0. The van der Waals surface area contributed by atoms with Gasteiger partial charge >= 0.3 is 37.9 Å². The van der Waals surface area contributed by atoms with Gasteiger partial charge in [0.15, 0.2) is 0 Å². The molecule has 0 saturated heterocycles. The van der Waals surface area contributed by atoms with Gasteiger partial charge in [-0.25, -0.2) is 11.1 Å². The molecule has 0 unspecified atom stereocenters. The maximum atomic E-state index is 4.93. The van der Waals surface area contributed by atoms with Crippen LogP contribution in [0.25, 0.3) is 0 Å². The summed E-state index contributed by atoms with van der Waals surface area (Å²) in [5.41, 5.74) is 5.82. The van der Waals surface area contributed by atoms with Crippen LogP contribution in [0.4, 0.5) is 0 Å². The zero-order valence-corrected chi connectivity index (χ0v) is 19.0. The minimum atomic E-state index is -0.826. The van der Waals surface area contributed by atoms with E-state index in [2.05, 4.69) is 52.0 Å². The first kappa shape index (κ1) is 23.4. The van der Waals surface area contributed by atoms with E-state index < -0.39 is 20.8 Å². The Morgan fingerprint density at radius 3 is 1.43 bits per heavy atom. The number of hydrogen-bond donors (Lipinski definition) is 0. The zero-order chi connectivity index (χ0) is 17.5. The average molecular weight is 433 g/mol. The summed E-state index contributed by atoms with van der Waals surface area (Å²) in [4.78, 5) is 0. The molecule has 0 amide bonds. The predicted molar refractivity (Wildman–Crippen MR) is 101 cm³/mol. The van der Waals surface area contributed by atoms with Crippen LogP contribution in [0.5, 0.6) is 0 Å². The SMILES string of the molecule is CCCCC1=CC[C-]=C1C.CCCCC1=CC[C-]=C1C.[Cl][Zr+2][Cl]. The van der Waals surface area contributed by atoms with Crippen molar-refractivity contribution in [3.05, 3.63) is 46.6 Å². The number of hydrogen-bond acceptors (Lipinski definition) is 0. The maximum absolute atomic E-state index is 4.93. The molecule has 2 aliphatic carbocycles. The van der Waals surface area contributed by atoms with Crippen LogP contribution in [0.15, 0.2) is 34.4 Å². The summed E-state index contributed by atoms with van der Waals surface area (Å²) in [6.07, 6.45) is 21.1. The van der Waals surface area contributed by atoms with Crippen LogP contribution >= 0.6 is 17.0 Å². The molecule has 0 aliphatic heterocycles. The fourth-order valence-corrected chi connectivity index (χ4v) is 2.50. The third-order valence-electron chi connectivity index (χ3n) is 3.99. The van der Waals surface area contributed by atoms with Gasteiger partial charge in [0.25, 0.3) is 0 Å². The van der Waals surface area contributed by atoms with Crippen molar-refractivity contribution in [2.75, 3.05) is 0 Å². The number of rotatable bonds is 6. The number of allylic oxidation sites excluding steroid dienone is 8. The van der Waals surface area contributed by atoms with E-state index in [1.807, 2.05) is 0 Å². The molecular formula is C20H30Cl2Zr. The molecule has 0 radical (unpaired) electrons. The Morgan fingerprint density at radius 2 is 1.22 bits per heavy atom. The van der Waals surface area contributed by atoms with Crippen molar-refractivity contribution >= 4 is 17.0 Å². The molecule has 23 heavy (non-hydrogen) atoms. The van der Waals surface area contributed by atoms with E-state index in [1.54, 1.807) is 0 Å². The van der Waals surface area contributed by atoms with Gasteiger partial charge in [0.2, 0.25) is 0 Å². The molecule has 0 aromatic heterocycles. The van der Waals surface area contributed by atoms with Crippen LogP contribution in [0.2, 0.25) is 0 Å². The van der Waals surface area contributed by atoms with Crippen molar-refractivity contribution in [3.8, 4) is 0 Å². The normalized spacial score (nSPS) is 15.2. The Morgan fingerprint density at radius 1 is 0.870 bits per heavy atom. The van der Waals surface area contributed by atoms with Gasteiger partial charge in [0, 0.05) is 0 Å². The standard InChI is InChI=1S/2C10H15.2ClH.Zr/c2*1-3-4-7-10-8-5-6-9(10)2;;;/h2*8H,3-5,7H2,1-2H3;2*1H;/q2*-1;;;+4/p-2. The van der Waals surface area contributed by atoms with E-state index in [1.165, 1.54) is 60.8 Å². The topological polar surface area (TPSA) is 0 Å². The second kappa shape index (κ2) is 15.9. The summed E-state index contributed by atoms with van der Waals surface area (Å²) in [7, 11) is 9.87. The van der Waals surface area contributed by atoms with Gasteiger partial charge < -0.3 is 0 Å². The van der Waals surface area contributed by atoms with Crippen molar-refractivity contribution in [1.82, 2.24) is 0 Å². The van der Waals surface area contributed by atoms with Gasteiger partial charge in [-0.3, -0.25) is 12.2 Å². The van der Waals surface area contributed by atoms with Crippen LogP contribution in [-0.2, 0) is 20.8 Å². The molecular weight excluding hydrogens is 402 g/mol. The molecule has 0 aromatic carbocycles. The van der Waals surface area contributed by atoms with E-state index in [4.69, 9.17) is 17.0 Å². The molecule has 0 fully saturated rings. The van der Waals surface area contributed by atoms with Crippen molar-refractivity contribution in [1.29, 1.82) is 0 Å². The fraction of sp³-hybridized carbons (Fsp3) is 0.600. The Kier molecular flexibility index (Phi) is 16.2. The van der Waals surface area contributed by atoms with Crippen LogP contribution in [0, 0.1) is 12.2 Å². The van der Waals surface area contributed by atoms with Gasteiger partial charge in [0.05, 0.1) is 0 Å². The second-order valence-corrected chi connectivity index (χ2v) is 9.48. The molecule has 0 N–H and O–H groups in total. The molecule has 0 aromatic rings. The Labute approximate surface area is 162 Å². The molecule has 0 spiro atoms. The first-order valence-corrected chi connectivity index (χ1v) is 14.9. The second-order valence-electron chi connectivity index (χ2n) is 5.75. The van der Waals surface area contributed by atoms with Crippen molar-refractivity contribution in [3.63, 3.8) is 0 Å². The zero-order valence-electron chi connectivity index (χ0n) is 15.1. The van der Waals surface area contributed by atoms with Gasteiger partial charge in [-0.2, -0.15) is 23.3 Å². The van der Waals surface area contributed by atoms with Crippen LogP contribution in [0.3, 0.4) is 0 Å². The summed E-state index contributed by atoms with van der Waals surface area (Å²) >= 11 is -0.826. The minimum absolute atomic E-state index is 0.826. The third-order valence-corrected chi connectivity index (χ3v) is 3.99. The van der Waals surface area contributed by atoms with E-state index in [9.17, 15) is 0 Å². The Balaban J connectivity index is 0.000000360. The van der Waals surface area contributed by atoms with Gasteiger partial charge in [-0.05, 0) is 0 Å². The summed E-state index contributed by atoms with van der Waals surface area (Å²) in [5, 5.41) is 0. The van der Waals surface area contributed by atoms with Crippen molar-refractivity contribution in [2.24, 2.45) is 0 Å². The van der Waals surface area contributed by atoms with Crippen molar-refractivity contribution in [2.45, 2.75) is 79.1 Å². The van der Waals surface area contributed by atoms with Crippen LogP contribution < -0.4 is 0 Å². The first-order valence-electron chi connectivity index (χ1n) is 8.60. The Hall–Kier alpha value is 0.423. The van der Waals surface area contributed by atoms with E-state index in [0.29, 0.717) is 0 Å². The van der Waals surface area contributed by atoms with Gasteiger partial charge in [-0.1, -0.05) is 66.2 Å². The quantitative estimate of drug-likeness (QED) is 0.374. The predicted octanol–water partition coefficient (Wildman–Crippen LogP) is 7.89. The van der Waals surface area contributed by atoms with E-state index in [-0.39, 0.29) is 0 Å². The van der Waals surface area contributed by atoms with Gasteiger partial charge in [0.1, 0.15) is 0 Å². The summed E-state index contributed by atoms with van der Waals surface area (Å²) in [5.74, 6) is 0. The van der Waals surface area contributed by atoms with Crippen LogP contribution in [0.1, 0.15) is 79.1 Å². The molecule has 0 saturated carbocycles. The molecule has 0 heterocycles.